The van der Waals surface area contributed by atoms with Gasteiger partial charge in [-0.05, 0) is 24.7 Å². The summed E-state index contributed by atoms with van der Waals surface area (Å²) >= 11 is 12.1. The van der Waals surface area contributed by atoms with Crippen LogP contribution in [0.15, 0.2) is 30.6 Å². The highest BCUT2D eigenvalue weighted by atomic mass is 35.5. The summed E-state index contributed by atoms with van der Waals surface area (Å²) in [5.41, 5.74) is 6.35. The number of hydrogen-bond donors (Lipinski definition) is 1. The first-order valence-electron chi connectivity index (χ1n) is 4.90. The summed E-state index contributed by atoms with van der Waals surface area (Å²) in [5.74, 6) is 0.881. The van der Waals surface area contributed by atoms with E-state index < -0.39 is 0 Å². The lowest BCUT2D eigenvalue weighted by Gasteiger charge is -2.09. The molecule has 0 saturated carbocycles. The minimum Gasteiger partial charge on any atom is -0.330 e. The lowest BCUT2D eigenvalue weighted by molar-refractivity contribution is 0.837. The van der Waals surface area contributed by atoms with Crippen LogP contribution in [0.5, 0.6) is 0 Å². The molecule has 84 valence electrons. The second-order valence-corrected chi connectivity index (χ2v) is 4.19. The zero-order valence-electron chi connectivity index (χ0n) is 8.53. The van der Waals surface area contributed by atoms with Crippen molar-refractivity contribution < 1.29 is 0 Å². The van der Waals surface area contributed by atoms with E-state index in [1.807, 2.05) is 16.8 Å². The average molecular weight is 256 g/mol. The Balaban J connectivity index is 2.49. The largest absolute Gasteiger partial charge is 0.330 e. The van der Waals surface area contributed by atoms with Gasteiger partial charge in [-0.2, -0.15) is 0 Å². The average Bonchev–Trinajstić information content (AvgIpc) is 2.70. The normalized spacial score (nSPS) is 10.7. The van der Waals surface area contributed by atoms with Crippen LogP contribution in [0.3, 0.4) is 0 Å². The Morgan fingerprint density at radius 3 is 2.88 bits per heavy atom. The van der Waals surface area contributed by atoms with Crippen LogP contribution in [-0.4, -0.2) is 16.1 Å². The number of aromatic nitrogens is 2. The van der Waals surface area contributed by atoms with E-state index in [9.17, 15) is 0 Å². The SMILES string of the molecule is NCCc1nccn1-c1cc(Cl)ccc1Cl. The summed E-state index contributed by atoms with van der Waals surface area (Å²) < 4.78 is 1.90. The van der Waals surface area contributed by atoms with E-state index in [2.05, 4.69) is 4.98 Å². The molecule has 0 radical (unpaired) electrons. The maximum atomic E-state index is 6.12. The van der Waals surface area contributed by atoms with Gasteiger partial charge in [-0.3, -0.25) is 0 Å². The molecule has 2 N–H and O–H groups in total. The van der Waals surface area contributed by atoms with Crippen molar-refractivity contribution in [3.8, 4) is 5.69 Å². The number of benzene rings is 1. The van der Waals surface area contributed by atoms with Gasteiger partial charge in [0.05, 0.1) is 10.7 Å². The predicted molar refractivity (Wildman–Crippen MR) is 66.3 cm³/mol. The fourth-order valence-electron chi connectivity index (χ4n) is 1.54. The van der Waals surface area contributed by atoms with Crippen molar-refractivity contribution in [3.63, 3.8) is 0 Å². The first-order valence-corrected chi connectivity index (χ1v) is 5.65. The van der Waals surface area contributed by atoms with Gasteiger partial charge in [-0.25, -0.2) is 4.98 Å². The topological polar surface area (TPSA) is 43.8 Å². The Kier molecular flexibility index (Phi) is 3.49. The molecule has 0 saturated heterocycles. The molecule has 1 heterocycles. The van der Waals surface area contributed by atoms with E-state index in [4.69, 9.17) is 28.9 Å². The van der Waals surface area contributed by atoms with Crippen molar-refractivity contribution in [2.75, 3.05) is 6.54 Å². The highest BCUT2D eigenvalue weighted by Crippen LogP contribution is 2.25. The first kappa shape index (κ1) is 11.5. The molecule has 2 rings (SSSR count). The van der Waals surface area contributed by atoms with Crippen LogP contribution in [0.4, 0.5) is 0 Å². The van der Waals surface area contributed by atoms with Crippen molar-refractivity contribution in [3.05, 3.63) is 46.5 Å². The summed E-state index contributed by atoms with van der Waals surface area (Å²) in [6.45, 7) is 0.551. The molecule has 16 heavy (non-hydrogen) atoms. The van der Waals surface area contributed by atoms with Gasteiger partial charge in [-0.15, -0.1) is 0 Å². The number of nitrogens with two attached hydrogens (primary N) is 1. The molecule has 2 aromatic rings. The summed E-state index contributed by atoms with van der Waals surface area (Å²) in [5, 5.41) is 1.28. The highest BCUT2D eigenvalue weighted by molar-refractivity contribution is 6.34. The minimum absolute atomic E-state index is 0.551. The summed E-state index contributed by atoms with van der Waals surface area (Å²) in [6, 6.07) is 5.34. The van der Waals surface area contributed by atoms with Crippen LogP contribution in [0.25, 0.3) is 5.69 Å². The van der Waals surface area contributed by atoms with Crippen LogP contribution >= 0.6 is 23.2 Å². The van der Waals surface area contributed by atoms with E-state index in [1.165, 1.54) is 0 Å². The molecule has 0 bridgehead atoms. The van der Waals surface area contributed by atoms with Gasteiger partial charge in [0.25, 0.3) is 0 Å². The van der Waals surface area contributed by atoms with E-state index >= 15 is 0 Å². The number of halogens is 2. The zero-order valence-corrected chi connectivity index (χ0v) is 10.0. The van der Waals surface area contributed by atoms with Gasteiger partial charge in [-0.1, -0.05) is 23.2 Å². The van der Waals surface area contributed by atoms with Crippen molar-refractivity contribution in [1.82, 2.24) is 9.55 Å². The van der Waals surface area contributed by atoms with E-state index in [0.29, 0.717) is 23.0 Å². The fraction of sp³-hybridized carbons (Fsp3) is 0.182. The zero-order chi connectivity index (χ0) is 11.5. The van der Waals surface area contributed by atoms with E-state index in [0.717, 1.165) is 11.5 Å². The number of hydrogen-bond acceptors (Lipinski definition) is 2. The van der Waals surface area contributed by atoms with Gasteiger partial charge < -0.3 is 10.3 Å². The summed E-state index contributed by atoms with van der Waals surface area (Å²) in [6.07, 6.45) is 4.28. The lowest BCUT2D eigenvalue weighted by atomic mass is 10.3. The smallest absolute Gasteiger partial charge is 0.114 e. The molecule has 1 aromatic heterocycles. The Hall–Kier alpha value is -1.03. The molecule has 0 fully saturated rings. The van der Waals surface area contributed by atoms with Crippen LogP contribution in [0.2, 0.25) is 10.0 Å². The third-order valence-corrected chi connectivity index (χ3v) is 2.81. The quantitative estimate of drug-likeness (QED) is 0.917. The molecule has 0 amide bonds. The third-order valence-electron chi connectivity index (χ3n) is 2.25. The number of rotatable bonds is 3. The molecular formula is C11H11Cl2N3. The molecule has 0 aliphatic rings. The van der Waals surface area contributed by atoms with Gasteiger partial charge >= 0.3 is 0 Å². The van der Waals surface area contributed by atoms with E-state index in [1.54, 1.807) is 18.3 Å². The van der Waals surface area contributed by atoms with Crippen molar-refractivity contribution in [2.45, 2.75) is 6.42 Å². The Morgan fingerprint density at radius 1 is 1.31 bits per heavy atom. The highest BCUT2D eigenvalue weighted by Gasteiger charge is 2.08. The van der Waals surface area contributed by atoms with Crippen molar-refractivity contribution in [1.29, 1.82) is 0 Å². The molecule has 3 nitrogen and oxygen atoms in total. The molecule has 0 aliphatic carbocycles. The summed E-state index contributed by atoms with van der Waals surface area (Å²) in [7, 11) is 0. The minimum atomic E-state index is 0.551. The first-order chi connectivity index (χ1) is 7.72. The van der Waals surface area contributed by atoms with Gasteiger partial charge in [0, 0.05) is 23.8 Å². The fourth-order valence-corrected chi connectivity index (χ4v) is 1.91. The Morgan fingerprint density at radius 2 is 2.12 bits per heavy atom. The van der Waals surface area contributed by atoms with Crippen LogP contribution in [0.1, 0.15) is 5.82 Å². The van der Waals surface area contributed by atoms with Crippen LogP contribution in [-0.2, 0) is 6.42 Å². The van der Waals surface area contributed by atoms with Crippen LogP contribution < -0.4 is 5.73 Å². The van der Waals surface area contributed by atoms with Gasteiger partial charge in [0.2, 0.25) is 0 Å². The molecule has 0 unspecified atom stereocenters. The monoisotopic (exact) mass is 255 g/mol. The van der Waals surface area contributed by atoms with E-state index in [-0.39, 0.29) is 0 Å². The second-order valence-electron chi connectivity index (χ2n) is 3.35. The molecule has 0 aliphatic heterocycles. The van der Waals surface area contributed by atoms with Crippen LogP contribution in [0, 0.1) is 0 Å². The third kappa shape index (κ3) is 2.21. The molecule has 0 atom stereocenters. The summed E-state index contributed by atoms with van der Waals surface area (Å²) in [4.78, 5) is 4.23. The Labute approximate surface area is 104 Å². The lowest BCUT2D eigenvalue weighted by Crippen LogP contribution is -2.08. The molecule has 0 spiro atoms. The molecule has 5 heteroatoms. The Bertz CT molecular complexity index is 494. The maximum absolute atomic E-state index is 6.12. The van der Waals surface area contributed by atoms with Crippen molar-refractivity contribution in [2.24, 2.45) is 5.73 Å². The predicted octanol–water partition coefficient (Wildman–Crippen LogP) is 2.68. The standard InChI is InChI=1S/C11H11Cl2N3/c12-8-1-2-9(13)10(7-8)16-6-5-15-11(16)3-4-14/h1-2,5-7H,3-4,14H2. The number of imidazole rings is 1. The van der Waals surface area contributed by atoms with Gasteiger partial charge in [0.15, 0.2) is 0 Å². The van der Waals surface area contributed by atoms with Crippen molar-refractivity contribution >= 4 is 23.2 Å². The van der Waals surface area contributed by atoms with Gasteiger partial charge in [0.1, 0.15) is 5.82 Å². The number of nitrogens with zero attached hydrogens (tertiary/aromatic N) is 2. The molecule has 1 aromatic carbocycles. The maximum Gasteiger partial charge on any atom is 0.114 e. The second kappa shape index (κ2) is 4.87. The molecular weight excluding hydrogens is 245 g/mol.